The Bertz CT molecular complexity index is 916. The second-order valence-electron chi connectivity index (χ2n) is 6.58. The van der Waals surface area contributed by atoms with Gasteiger partial charge < -0.3 is 10.1 Å². The molecule has 7 nitrogen and oxygen atoms in total. The fourth-order valence-electron chi connectivity index (χ4n) is 2.98. The number of halogens is 1. The number of nitrogens with one attached hydrogen (secondary N) is 2. The van der Waals surface area contributed by atoms with E-state index in [4.69, 9.17) is 16.3 Å². The van der Waals surface area contributed by atoms with E-state index < -0.39 is 10.0 Å². The summed E-state index contributed by atoms with van der Waals surface area (Å²) in [5.41, 5.74) is 0.734. The van der Waals surface area contributed by atoms with Gasteiger partial charge in [-0.05, 0) is 43.2 Å². The van der Waals surface area contributed by atoms with Gasteiger partial charge in [-0.15, -0.1) is 0 Å². The van der Waals surface area contributed by atoms with Gasteiger partial charge in [0.25, 0.3) is 5.91 Å². The summed E-state index contributed by atoms with van der Waals surface area (Å²) >= 11 is 6.15. The van der Waals surface area contributed by atoms with Crippen LogP contribution in [0.25, 0.3) is 0 Å². The molecule has 3 rings (SSSR count). The number of benzene rings is 1. The van der Waals surface area contributed by atoms with Gasteiger partial charge in [0, 0.05) is 12.2 Å². The Kier molecular flexibility index (Phi) is 6.88. The number of pyridine rings is 1. The second-order valence-corrected chi connectivity index (χ2v) is 8.70. The van der Waals surface area contributed by atoms with Gasteiger partial charge in [-0.1, -0.05) is 30.5 Å². The van der Waals surface area contributed by atoms with E-state index in [-0.39, 0.29) is 34.2 Å². The summed E-state index contributed by atoms with van der Waals surface area (Å²) in [4.78, 5) is 16.1. The topological polar surface area (TPSA) is 97.4 Å². The smallest absolute Gasteiger partial charge is 0.258 e. The molecule has 0 bridgehead atoms. The standard InChI is InChI=1S/C19H22ClN3O4S/c20-17-11-16(28(25,26)23-14-5-1-2-6-14)8-9-18(17)27-13-19(24)22-12-15-7-3-4-10-21-15/h3-4,7-11,14,23H,1-2,5-6,12-13H2,(H,22,24). The van der Waals surface area contributed by atoms with E-state index in [0.29, 0.717) is 6.54 Å². The molecule has 1 aromatic carbocycles. The van der Waals surface area contributed by atoms with Gasteiger partial charge in [0.1, 0.15) is 5.75 Å². The number of hydrogen-bond acceptors (Lipinski definition) is 5. The van der Waals surface area contributed by atoms with E-state index in [0.717, 1.165) is 31.4 Å². The van der Waals surface area contributed by atoms with Crippen molar-refractivity contribution in [3.8, 4) is 5.75 Å². The van der Waals surface area contributed by atoms with Gasteiger partial charge in [0.15, 0.2) is 6.61 Å². The Morgan fingerprint density at radius 3 is 2.68 bits per heavy atom. The Labute approximate surface area is 169 Å². The Hall–Kier alpha value is -2.16. The lowest BCUT2D eigenvalue weighted by Crippen LogP contribution is -2.32. The maximum Gasteiger partial charge on any atom is 0.258 e. The van der Waals surface area contributed by atoms with E-state index >= 15 is 0 Å². The molecule has 2 N–H and O–H groups in total. The first-order chi connectivity index (χ1) is 13.4. The highest BCUT2D eigenvalue weighted by Crippen LogP contribution is 2.28. The van der Waals surface area contributed by atoms with Gasteiger partial charge in [0.2, 0.25) is 10.0 Å². The molecule has 1 saturated carbocycles. The summed E-state index contributed by atoms with van der Waals surface area (Å²) < 4.78 is 33.0. The Morgan fingerprint density at radius 2 is 2.00 bits per heavy atom. The van der Waals surface area contributed by atoms with E-state index in [2.05, 4.69) is 15.0 Å². The maximum absolute atomic E-state index is 12.5. The van der Waals surface area contributed by atoms with E-state index in [1.807, 2.05) is 6.07 Å². The molecule has 1 aromatic heterocycles. The van der Waals surface area contributed by atoms with Crippen LogP contribution in [0.3, 0.4) is 0 Å². The van der Waals surface area contributed by atoms with Crippen LogP contribution >= 0.6 is 11.6 Å². The molecule has 0 radical (unpaired) electrons. The fourth-order valence-corrected chi connectivity index (χ4v) is 4.61. The first-order valence-corrected chi connectivity index (χ1v) is 10.9. The van der Waals surface area contributed by atoms with Gasteiger partial charge in [-0.2, -0.15) is 0 Å². The minimum Gasteiger partial charge on any atom is -0.482 e. The number of hydrogen-bond donors (Lipinski definition) is 2. The predicted octanol–water partition coefficient (Wildman–Crippen LogP) is 2.65. The molecule has 0 aliphatic heterocycles. The summed E-state index contributed by atoms with van der Waals surface area (Å²) in [5, 5.41) is 2.82. The molecule has 2 aromatic rings. The van der Waals surface area contributed by atoms with E-state index in [1.165, 1.54) is 18.2 Å². The lowest BCUT2D eigenvalue weighted by atomic mass is 10.3. The van der Waals surface area contributed by atoms with Crippen molar-refractivity contribution in [2.24, 2.45) is 0 Å². The molecule has 1 fully saturated rings. The number of amides is 1. The third-order valence-electron chi connectivity index (χ3n) is 4.44. The second kappa shape index (κ2) is 9.36. The number of nitrogens with zero attached hydrogens (tertiary/aromatic N) is 1. The average Bonchev–Trinajstić information content (AvgIpc) is 3.18. The molecule has 1 heterocycles. The molecule has 28 heavy (non-hydrogen) atoms. The van der Waals surface area contributed by atoms with Crippen LogP contribution in [0, 0.1) is 0 Å². The lowest BCUT2D eigenvalue weighted by Gasteiger charge is -2.14. The van der Waals surface area contributed by atoms with Crippen molar-refractivity contribution >= 4 is 27.5 Å². The maximum atomic E-state index is 12.5. The lowest BCUT2D eigenvalue weighted by molar-refractivity contribution is -0.123. The molecule has 150 valence electrons. The molecule has 0 saturated heterocycles. The number of aromatic nitrogens is 1. The summed E-state index contributed by atoms with van der Waals surface area (Å²) in [6.45, 7) is 0.0553. The number of carbonyl (C=O) groups excluding carboxylic acids is 1. The van der Waals surface area contributed by atoms with Crippen molar-refractivity contribution in [1.29, 1.82) is 0 Å². The predicted molar refractivity (Wildman–Crippen MR) is 106 cm³/mol. The quantitative estimate of drug-likeness (QED) is 0.680. The molecule has 0 atom stereocenters. The van der Waals surface area contributed by atoms with Crippen molar-refractivity contribution in [2.45, 2.75) is 43.2 Å². The fraction of sp³-hybridized carbons (Fsp3) is 0.368. The largest absolute Gasteiger partial charge is 0.482 e. The third-order valence-corrected chi connectivity index (χ3v) is 6.26. The van der Waals surface area contributed by atoms with Crippen LogP contribution in [0.5, 0.6) is 5.75 Å². The monoisotopic (exact) mass is 423 g/mol. The van der Waals surface area contributed by atoms with Crippen molar-refractivity contribution < 1.29 is 17.9 Å². The van der Waals surface area contributed by atoms with Crippen molar-refractivity contribution in [2.75, 3.05) is 6.61 Å². The highest BCUT2D eigenvalue weighted by atomic mass is 35.5. The number of ether oxygens (including phenoxy) is 1. The summed E-state index contributed by atoms with van der Waals surface area (Å²) in [5.74, 6) is -0.0872. The molecule has 1 amide bonds. The average molecular weight is 424 g/mol. The first kappa shape index (κ1) is 20.6. The normalized spacial score (nSPS) is 14.8. The summed E-state index contributed by atoms with van der Waals surface area (Å²) in [6, 6.07) is 9.62. The highest BCUT2D eigenvalue weighted by molar-refractivity contribution is 7.89. The number of carbonyl (C=O) groups is 1. The van der Waals surface area contributed by atoms with Crippen LogP contribution in [0.1, 0.15) is 31.4 Å². The van der Waals surface area contributed by atoms with Gasteiger partial charge >= 0.3 is 0 Å². The number of rotatable bonds is 8. The van der Waals surface area contributed by atoms with Crippen molar-refractivity contribution in [1.82, 2.24) is 15.0 Å². The van der Waals surface area contributed by atoms with Crippen LogP contribution < -0.4 is 14.8 Å². The van der Waals surface area contributed by atoms with Gasteiger partial charge in [0.05, 0.1) is 22.2 Å². The molecule has 1 aliphatic carbocycles. The Morgan fingerprint density at radius 1 is 1.21 bits per heavy atom. The van der Waals surface area contributed by atoms with Crippen LogP contribution in [0.2, 0.25) is 5.02 Å². The van der Waals surface area contributed by atoms with Crippen LogP contribution in [0.4, 0.5) is 0 Å². The molecular weight excluding hydrogens is 402 g/mol. The first-order valence-electron chi connectivity index (χ1n) is 9.05. The van der Waals surface area contributed by atoms with Crippen LogP contribution in [-0.4, -0.2) is 32.0 Å². The Balaban J connectivity index is 1.54. The number of sulfonamides is 1. The zero-order valence-electron chi connectivity index (χ0n) is 15.2. The van der Waals surface area contributed by atoms with Gasteiger partial charge in [-0.3, -0.25) is 9.78 Å². The zero-order valence-corrected chi connectivity index (χ0v) is 16.8. The minimum atomic E-state index is -3.63. The summed E-state index contributed by atoms with van der Waals surface area (Å²) in [7, 11) is -3.63. The van der Waals surface area contributed by atoms with E-state index in [9.17, 15) is 13.2 Å². The van der Waals surface area contributed by atoms with Crippen molar-refractivity contribution in [3.63, 3.8) is 0 Å². The molecule has 9 heteroatoms. The molecular formula is C19H22ClN3O4S. The SMILES string of the molecule is O=C(COc1ccc(S(=O)(=O)NC2CCCC2)cc1Cl)NCc1ccccn1. The van der Waals surface area contributed by atoms with Gasteiger partial charge in [-0.25, -0.2) is 13.1 Å². The zero-order chi connectivity index (χ0) is 20.0. The molecule has 1 aliphatic rings. The highest BCUT2D eigenvalue weighted by Gasteiger charge is 2.23. The minimum absolute atomic E-state index is 0.0255. The van der Waals surface area contributed by atoms with Crippen molar-refractivity contribution in [3.05, 3.63) is 53.3 Å². The van der Waals surface area contributed by atoms with E-state index in [1.54, 1.807) is 18.3 Å². The molecule has 0 spiro atoms. The third kappa shape index (κ3) is 5.67. The van der Waals surface area contributed by atoms with Crippen LogP contribution in [0.15, 0.2) is 47.5 Å². The molecule has 0 unspecified atom stereocenters. The van der Waals surface area contributed by atoms with Crippen LogP contribution in [-0.2, 0) is 21.4 Å². The summed E-state index contributed by atoms with van der Waals surface area (Å²) in [6.07, 6.45) is 5.41.